The van der Waals surface area contributed by atoms with E-state index < -0.39 is 5.97 Å². The molecule has 12 heavy (non-hydrogen) atoms. The van der Waals surface area contributed by atoms with Crippen LogP contribution in [0.2, 0.25) is 0 Å². The van der Waals surface area contributed by atoms with Gasteiger partial charge in [-0.2, -0.15) is 0 Å². The van der Waals surface area contributed by atoms with Crippen LogP contribution in [0.25, 0.3) is 0 Å². The van der Waals surface area contributed by atoms with Crippen molar-refractivity contribution in [3.8, 4) is 0 Å². The van der Waals surface area contributed by atoms with Crippen molar-refractivity contribution in [2.24, 2.45) is 0 Å². The van der Waals surface area contributed by atoms with Gasteiger partial charge in [-0.1, -0.05) is 6.92 Å². The Bertz CT molecular complexity index is 93.0. The third kappa shape index (κ3) is 3.49. The number of methoxy groups -OCH3 is 3. The fourth-order valence-corrected chi connectivity index (χ4v) is 0.768. The van der Waals surface area contributed by atoms with Crippen molar-refractivity contribution in [1.29, 1.82) is 0 Å². The van der Waals surface area contributed by atoms with Gasteiger partial charge < -0.3 is 18.9 Å². The molecular weight excluding hydrogens is 160 g/mol. The molecule has 0 saturated carbocycles. The number of hydrogen-bond donors (Lipinski definition) is 0. The molecule has 0 aliphatic carbocycles. The van der Waals surface area contributed by atoms with E-state index in [1.54, 1.807) is 0 Å². The summed E-state index contributed by atoms with van der Waals surface area (Å²) in [5.41, 5.74) is 0. The molecule has 0 aliphatic heterocycles. The summed E-state index contributed by atoms with van der Waals surface area (Å²) in [6.07, 6.45) is 0.965. The molecule has 0 bridgehead atoms. The first-order valence-electron chi connectivity index (χ1n) is 3.98. The highest BCUT2D eigenvalue weighted by Gasteiger charge is 2.29. The van der Waals surface area contributed by atoms with Crippen LogP contribution in [0.3, 0.4) is 0 Å². The predicted octanol–water partition coefficient (Wildman–Crippen LogP) is 1.01. The van der Waals surface area contributed by atoms with Gasteiger partial charge in [-0.15, -0.1) is 0 Å². The van der Waals surface area contributed by atoms with Crippen LogP contribution in [-0.4, -0.2) is 40.5 Å². The molecule has 4 nitrogen and oxygen atoms in total. The average molecular weight is 178 g/mol. The third-order valence-electron chi connectivity index (χ3n) is 1.56. The minimum atomic E-state index is -1.05. The van der Waals surface area contributed by atoms with Gasteiger partial charge in [0.2, 0.25) is 0 Å². The zero-order chi connectivity index (χ0) is 9.45. The molecule has 0 saturated heterocycles. The summed E-state index contributed by atoms with van der Waals surface area (Å²) in [7, 11) is 4.55. The Kier molecular flexibility index (Phi) is 6.28. The molecule has 0 heterocycles. The Labute approximate surface area is 73.7 Å². The zero-order valence-electron chi connectivity index (χ0n) is 8.25. The molecule has 0 unspecified atom stereocenters. The van der Waals surface area contributed by atoms with Crippen LogP contribution < -0.4 is 0 Å². The van der Waals surface area contributed by atoms with Crippen molar-refractivity contribution in [1.82, 2.24) is 0 Å². The van der Waals surface area contributed by atoms with Crippen LogP contribution in [0.15, 0.2) is 0 Å². The lowest BCUT2D eigenvalue weighted by Gasteiger charge is -2.27. The van der Waals surface area contributed by atoms with Gasteiger partial charge in [-0.3, -0.25) is 0 Å². The monoisotopic (exact) mass is 178 g/mol. The Hall–Kier alpha value is -0.160. The molecule has 0 amide bonds. The smallest absolute Gasteiger partial charge is 0.307 e. The lowest BCUT2D eigenvalue weighted by Crippen LogP contribution is -2.41. The highest BCUT2D eigenvalue weighted by molar-refractivity contribution is 4.52. The van der Waals surface area contributed by atoms with Crippen molar-refractivity contribution in [3.63, 3.8) is 0 Å². The fraction of sp³-hybridized carbons (Fsp3) is 1.00. The second kappa shape index (κ2) is 6.37. The highest BCUT2D eigenvalue weighted by Crippen LogP contribution is 2.12. The summed E-state index contributed by atoms with van der Waals surface area (Å²) >= 11 is 0. The Morgan fingerprint density at radius 1 is 1.00 bits per heavy atom. The summed E-state index contributed by atoms with van der Waals surface area (Å²) in [6, 6.07) is 0. The Morgan fingerprint density at radius 3 is 1.83 bits per heavy atom. The van der Waals surface area contributed by atoms with Gasteiger partial charge in [-0.05, 0) is 6.42 Å². The first kappa shape index (κ1) is 11.8. The van der Waals surface area contributed by atoms with Crippen LogP contribution in [0.5, 0.6) is 0 Å². The third-order valence-corrected chi connectivity index (χ3v) is 1.56. The van der Waals surface area contributed by atoms with E-state index in [-0.39, 0.29) is 6.61 Å². The number of hydrogen-bond acceptors (Lipinski definition) is 4. The molecule has 0 aromatic rings. The van der Waals surface area contributed by atoms with E-state index in [1.165, 1.54) is 21.3 Å². The maximum atomic E-state index is 5.25. The second-order valence-corrected chi connectivity index (χ2v) is 2.35. The van der Waals surface area contributed by atoms with E-state index in [1.807, 2.05) is 6.92 Å². The lowest BCUT2D eigenvalue weighted by molar-refractivity contribution is -0.368. The van der Waals surface area contributed by atoms with Gasteiger partial charge in [0.25, 0.3) is 0 Å². The van der Waals surface area contributed by atoms with Gasteiger partial charge in [0.1, 0.15) is 6.61 Å². The predicted molar refractivity (Wildman–Crippen MR) is 44.9 cm³/mol. The summed E-state index contributed by atoms with van der Waals surface area (Å²) in [5.74, 6) is -1.05. The molecule has 0 N–H and O–H groups in total. The van der Waals surface area contributed by atoms with Crippen molar-refractivity contribution in [2.75, 3.05) is 34.5 Å². The normalized spacial score (nSPS) is 12.0. The average Bonchev–Trinajstić information content (AvgIpc) is 2.14. The maximum Gasteiger partial charge on any atom is 0.307 e. The molecule has 0 aliphatic rings. The van der Waals surface area contributed by atoms with Crippen molar-refractivity contribution >= 4 is 0 Å². The van der Waals surface area contributed by atoms with Crippen molar-refractivity contribution in [3.05, 3.63) is 0 Å². The minimum Gasteiger partial charge on any atom is -0.373 e. The van der Waals surface area contributed by atoms with E-state index in [0.29, 0.717) is 6.61 Å². The van der Waals surface area contributed by atoms with E-state index in [2.05, 4.69) is 0 Å². The van der Waals surface area contributed by atoms with Crippen LogP contribution >= 0.6 is 0 Å². The van der Waals surface area contributed by atoms with E-state index in [0.717, 1.165) is 6.42 Å². The Balaban J connectivity index is 3.76. The molecule has 0 aromatic heterocycles. The highest BCUT2D eigenvalue weighted by atomic mass is 16.9. The van der Waals surface area contributed by atoms with Crippen LogP contribution in [0.4, 0.5) is 0 Å². The van der Waals surface area contributed by atoms with E-state index in [9.17, 15) is 0 Å². The van der Waals surface area contributed by atoms with Gasteiger partial charge >= 0.3 is 5.97 Å². The molecule has 0 rings (SSSR count). The largest absolute Gasteiger partial charge is 0.373 e. The summed E-state index contributed by atoms with van der Waals surface area (Å²) in [5, 5.41) is 0. The van der Waals surface area contributed by atoms with E-state index in [4.69, 9.17) is 18.9 Å². The van der Waals surface area contributed by atoms with Gasteiger partial charge in [0.05, 0.1) is 0 Å². The molecule has 0 fully saturated rings. The Morgan fingerprint density at radius 2 is 1.50 bits per heavy atom. The second-order valence-electron chi connectivity index (χ2n) is 2.35. The molecule has 0 atom stereocenters. The molecule has 74 valence electrons. The van der Waals surface area contributed by atoms with Crippen molar-refractivity contribution < 1.29 is 18.9 Å². The summed E-state index contributed by atoms with van der Waals surface area (Å²) < 4.78 is 20.3. The number of ether oxygens (including phenoxy) is 4. The standard InChI is InChI=1S/C8H18O4/c1-5-6-12-7-8(9-2,10-3)11-4/h5-7H2,1-4H3. The summed E-state index contributed by atoms with van der Waals surface area (Å²) in [4.78, 5) is 0. The van der Waals surface area contributed by atoms with Crippen LogP contribution in [-0.2, 0) is 18.9 Å². The maximum absolute atomic E-state index is 5.25. The van der Waals surface area contributed by atoms with Crippen molar-refractivity contribution in [2.45, 2.75) is 19.3 Å². The first-order valence-corrected chi connectivity index (χ1v) is 3.98. The SMILES string of the molecule is CCCOCC(OC)(OC)OC. The molecule has 0 radical (unpaired) electrons. The summed E-state index contributed by atoms with van der Waals surface area (Å²) in [6.45, 7) is 3.00. The number of rotatable bonds is 7. The van der Waals surface area contributed by atoms with Gasteiger partial charge in [-0.25, -0.2) is 0 Å². The molecule has 4 heteroatoms. The topological polar surface area (TPSA) is 36.9 Å². The quantitative estimate of drug-likeness (QED) is 0.430. The minimum absolute atomic E-state index is 0.282. The fourth-order valence-electron chi connectivity index (χ4n) is 0.768. The molecule has 0 aromatic carbocycles. The van der Waals surface area contributed by atoms with Gasteiger partial charge in [0, 0.05) is 27.9 Å². The lowest BCUT2D eigenvalue weighted by atomic mass is 10.5. The zero-order valence-corrected chi connectivity index (χ0v) is 8.25. The van der Waals surface area contributed by atoms with Crippen LogP contribution in [0.1, 0.15) is 13.3 Å². The van der Waals surface area contributed by atoms with Crippen LogP contribution in [0, 0.1) is 0 Å². The first-order chi connectivity index (χ1) is 5.74. The van der Waals surface area contributed by atoms with Gasteiger partial charge in [0.15, 0.2) is 0 Å². The molecule has 0 spiro atoms. The van der Waals surface area contributed by atoms with E-state index >= 15 is 0 Å². The molecular formula is C8H18O4.